The predicted molar refractivity (Wildman–Crippen MR) is 99.0 cm³/mol. The van der Waals surface area contributed by atoms with E-state index in [0.717, 1.165) is 32.1 Å². The zero-order valence-corrected chi connectivity index (χ0v) is 15.5. The van der Waals surface area contributed by atoms with Crippen LogP contribution in [0.1, 0.15) is 57.8 Å². The first-order chi connectivity index (χ1) is 12.1. The number of sulfone groups is 1. The smallest absolute Gasteiger partial charge is 0.241 e. The highest BCUT2D eigenvalue weighted by molar-refractivity contribution is 7.93. The number of rotatable bonds is 6. The van der Waals surface area contributed by atoms with Crippen LogP contribution in [0.15, 0.2) is 46.9 Å². The lowest BCUT2D eigenvalue weighted by Gasteiger charge is -2.28. The lowest BCUT2D eigenvalue weighted by molar-refractivity contribution is -0.123. The highest BCUT2D eigenvalue weighted by Crippen LogP contribution is 2.40. The average Bonchev–Trinajstić information content (AvgIpc) is 3.15. The highest BCUT2D eigenvalue weighted by atomic mass is 32.2. The first-order valence-corrected chi connectivity index (χ1v) is 10.8. The molecule has 3 rings (SSSR count). The van der Waals surface area contributed by atoms with E-state index in [1.54, 1.807) is 30.3 Å². The van der Waals surface area contributed by atoms with Crippen LogP contribution in [0.5, 0.6) is 0 Å². The minimum absolute atomic E-state index is 0.252. The third-order valence-electron chi connectivity index (χ3n) is 5.51. The molecule has 1 aromatic rings. The molecule has 1 saturated carbocycles. The van der Waals surface area contributed by atoms with Gasteiger partial charge in [0.2, 0.25) is 5.91 Å². The minimum Gasteiger partial charge on any atom is -0.354 e. The molecule has 0 aliphatic heterocycles. The third kappa shape index (κ3) is 3.66. The molecule has 1 aromatic carbocycles. The Balaban J connectivity index is 1.73. The Bertz CT molecular complexity index is 731. The molecule has 0 radical (unpaired) electrons. The Hall–Kier alpha value is -1.62. The van der Waals surface area contributed by atoms with E-state index in [1.165, 1.54) is 18.4 Å². The Labute approximate surface area is 150 Å². The lowest BCUT2D eigenvalue weighted by Crippen LogP contribution is -2.50. The summed E-state index contributed by atoms with van der Waals surface area (Å²) in [6, 6.07) is 8.40. The normalized spacial score (nSPS) is 20.1. The molecule has 0 aromatic heterocycles. The summed E-state index contributed by atoms with van der Waals surface area (Å²) >= 11 is 0. The average molecular weight is 362 g/mol. The maximum Gasteiger partial charge on any atom is 0.241 e. The van der Waals surface area contributed by atoms with Crippen molar-refractivity contribution in [3.63, 3.8) is 0 Å². The monoisotopic (exact) mass is 361 g/mol. The van der Waals surface area contributed by atoms with Gasteiger partial charge in [-0.1, -0.05) is 42.7 Å². The summed E-state index contributed by atoms with van der Waals surface area (Å²) in [5, 5.41) is 2.93. The fourth-order valence-electron chi connectivity index (χ4n) is 4.02. The van der Waals surface area contributed by atoms with Gasteiger partial charge in [0.15, 0.2) is 14.6 Å². The summed E-state index contributed by atoms with van der Waals surface area (Å²) in [5.41, 5.74) is 1.39. The van der Waals surface area contributed by atoms with Crippen molar-refractivity contribution in [3.8, 4) is 0 Å². The summed E-state index contributed by atoms with van der Waals surface area (Å²) in [6.45, 7) is 0.525. The second kappa shape index (κ2) is 7.73. The molecule has 1 amide bonds. The maximum absolute atomic E-state index is 13.2. The molecular formula is C20H27NO3S. The Morgan fingerprint density at radius 2 is 1.76 bits per heavy atom. The van der Waals surface area contributed by atoms with Crippen molar-refractivity contribution >= 4 is 15.7 Å². The van der Waals surface area contributed by atoms with Crippen LogP contribution >= 0.6 is 0 Å². The quantitative estimate of drug-likeness (QED) is 0.784. The molecule has 2 aliphatic carbocycles. The van der Waals surface area contributed by atoms with E-state index in [2.05, 4.69) is 11.4 Å². The van der Waals surface area contributed by atoms with Crippen molar-refractivity contribution in [1.82, 2.24) is 5.32 Å². The topological polar surface area (TPSA) is 63.2 Å². The molecule has 1 N–H and O–H groups in total. The van der Waals surface area contributed by atoms with Crippen LogP contribution in [-0.2, 0) is 14.6 Å². The molecular weight excluding hydrogens is 334 g/mol. The maximum atomic E-state index is 13.2. The van der Waals surface area contributed by atoms with Gasteiger partial charge in [-0.05, 0) is 57.1 Å². The van der Waals surface area contributed by atoms with Crippen LogP contribution in [-0.4, -0.2) is 25.6 Å². The van der Waals surface area contributed by atoms with Crippen LogP contribution < -0.4 is 5.32 Å². The predicted octanol–water partition coefficient (Wildman–Crippen LogP) is 3.78. The van der Waals surface area contributed by atoms with Crippen molar-refractivity contribution in [2.24, 2.45) is 0 Å². The van der Waals surface area contributed by atoms with E-state index < -0.39 is 14.6 Å². The van der Waals surface area contributed by atoms with Gasteiger partial charge in [0.05, 0.1) is 4.90 Å². The molecule has 0 atom stereocenters. The van der Waals surface area contributed by atoms with Gasteiger partial charge in [-0.15, -0.1) is 0 Å². The molecule has 0 saturated heterocycles. The number of nitrogens with one attached hydrogen (secondary N) is 1. The highest BCUT2D eigenvalue weighted by Gasteiger charge is 2.52. The van der Waals surface area contributed by atoms with Gasteiger partial charge in [0.25, 0.3) is 0 Å². The second-order valence-electron chi connectivity index (χ2n) is 7.13. The number of hydrogen-bond donors (Lipinski definition) is 1. The van der Waals surface area contributed by atoms with E-state index in [4.69, 9.17) is 0 Å². The van der Waals surface area contributed by atoms with Crippen molar-refractivity contribution in [2.45, 2.75) is 67.4 Å². The number of hydrogen-bond acceptors (Lipinski definition) is 3. The summed E-state index contributed by atoms with van der Waals surface area (Å²) in [4.78, 5) is 13.2. The molecule has 2 aliphatic rings. The Kier molecular flexibility index (Phi) is 5.62. The van der Waals surface area contributed by atoms with Gasteiger partial charge in [-0.2, -0.15) is 0 Å². The van der Waals surface area contributed by atoms with Gasteiger partial charge in [0, 0.05) is 6.54 Å². The van der Waals surface area contributed by atoms with E-state index in [9.17, 15) is 13.2 Å². The van der Waals surface area contributed by atoms with Crippen LogP contribution in [0, 0.1) is 0 Å². The first-order valence-electron chi connectivity index (χ1n) is 9.32. The standard InChI is InChI=1S/C20H27NO3S/c22-19(21-16-13-17-9-3-1-4-10-17)20(14-7-8-15-20)25(23,24)18-11-5-2-6-12-18/h2,5-6,9,11-12H,1,3-4,7-8,10,13-16H2,(H,21,22). The summed E-state index contributed by atoms with van der Waals surface area (Å²) in [7, 11) is -3.68. The van der Waals surface area contributed by atoms with Gasteiger partial charge < -0.3 is 5.32 Å². The lowest BCUT2D eigenvalue weighted by atomic mass is 9.97. The van der Waals surface area contributed by atoms with Crippen LogP contribution in [0.4, 0.5) is 0 Å². The molecule has 5 heteroatoms. The molecule has 0 heterocycles. The SMILES string of the molecule is O=C(NCCC1=CCCCC1)C1(S(=O)(=O)c2ccccc2)CCCC1. The first kappa shape index (κ1) is 18.2. The number of allylic oxidation sites excluding steroid dienone is 1. The van der Waals surface area contributed by atoms with Crippen LogP contribution in [0.3, 0.4) is 0 Å². The van der Waals surface area contributed by atoms with Crippen LogP contribution in [0.2, 0.25) is 0 Å². The molecule has 0 bridgehead atoms. The van der Waals surface area contributed by atoms with Gasteiger partial charge in [-0.25, -0.2) is 8.42 Å². The number of benzene rings is 1. The van der Waals surface area contributed by atoms with Crippen molar-refractivity contribution in [1.29, 1.82) is 0 Å². The summed E-state index contributed by atoms with van der Waals surface area (Å²) in [5.74, 6) is -0.315. The van der Waals surface area contributed by atoms with Gasteiger partial charge >= 0.3 is 0 Å². The summed E-state index contributed by atoms with van der Waals surface area (Å²) < 4.78 is 25.1. The fraction of sp³-hybridized carbons (Fsp3) is 0.550. The number of amides is 1. The number of carbonyl (C=O) groups excluding carboxylic acids is 1. The van der Waals surface area contributed by atoms with E-state index in [1.807, 2.05) is 0 Å². The van der Waals surface area contributed by atoms with Crippen LogP contribution in [0.25, 0.3) is 0 Å². The largest absolute Gasteiger partial charge is 0.354 e. The zero-order valence-electron chi connectivity index (χ0n) is 14.7. The van der Waals surface area contributed by atoms with Gasteiger partial charge in [-0.3, -0.25) is 4.79 Å². The minimum atomic E-state index is -3.68. The molecule has 1 fully saturated rings. The fourth-order valence-corrected chi connectivity index (χ4v) is 6.13. The van der Waals surface area contributed by atoms with Crippen molar-refractivity contribution < 1.29 is 13.2 Å². The third-order valence-corrected chi connectivity index (χ3v) is 8.02. The van der Waals surface area contributed by atoms with E-state index in [-0.39, 0.29) is 10.8 Å². The summed E-state index contributed by atoms with van der Waals surface area (Å²) in [6.07, 6.45) is 10.2. The molecule has 0 spiro atoms. The van der Waals surface area contributed by atoms with E-state index in [0.29, 0.717) is 19.4 Å². The zero-order chi connectivity index (χ0) is 17.8. The Morgan fingerprint density at radius 1 is 1.04 bits per heavy atom. The Morgan fingerprint density at radius 3 is 2.40 bits per heavy atom. The van der Waals surface area contributed by atoms with Crippen molar-refractivity contribution in [3.05, 3.63) is 42.0 Å². The molecule has 4 nitrogen and oxygen atoms in total. The molecule has 0 unspecified atom stereocenters. The van der Waals surface area contributed by atoms with Gasteiger partial charge in [0.1, 0.15) is 0 Å². The van der Waals surface area contributed by atoms with Crippen molar-refractivity contribution in [2.75, 3.05) is 6.54 Å². The second-order valence-corrected chi connectivity index (χ2v) is 9.39. The van der Waals surface area contributed by atoms with E-state index >= 15 is 0 Å². The number of carbonyl (C=O) groups is 1. The molecule has 136 valence electrons. The molecule has 25 heavy (non-hydrogen) atoms.